The third kappa shape index (κ3) is 6.90. The van der Waals surface area contributed by atoms with Gasteiger partial charge < -0.3 is 24.7 Å². The molecule has 1 fully saturated rings. The summed E-state index contributed by atoms with van der Waals surface area (Å²) >= 11 is 1.64. The summed E-state index contributed by atoms with van der Waals surface area (Å²) < 4.78 is 6.78. The van der Waals surface area contributed by atoms with E-state index < -0.39 is 18.0 Å². The summed E-state index contributed by atoms with van der Waals surface area (Å²) in [6.07, 6.45) is 0.739. The standard InChI is InChI=1S/C38H36N6O7S/c1-41(2)27-8-11-30-32(20-27)52-35(40-30)24-5-3-23(4-6-24)25-7-13-33(39-21-25)42(38(49)50)15-17-51-18-16-43-34(46)14-12-31(37(43)48)44-22-26-19-28(45)9-10-29(26)36(44)47/h3-11,13,19-21,31,45H,12,14-18,22H2,1-2H3,(H,49,50). The van der Waals surface area contributed by atoms with Gasteiger partial charge in [-0.15, -0.1) is 11.3 Å². The third-order valence-corrected chi connectivity index (χ3v) is 10.4. The number of carbonyl (C=O) groups is 4. The SMILES string of the molecule is CN(C)c1ccc2nc(-c3ccc(-c4ccc(N(CCOCCN5C(=O)CCC(N6Cc7cc(O)ccc7C6=O)C5=O)C(=O)O)nc4)cc3)sc2c1. The molecule has 4 amide bonds. The first-order valence-electron chi connectivity index (χ1n) is 16.8. The number of fused-ring (bicyclic) bond motifs is 2. The zero-order valence-corrected chi connectivity index (χ0v) is 29.4. The predicted octanol–water partition coefficient (Wildman–Crippen LogP) is 5.47. The number of thiazole rings is 1. The Hall–Kier alpha value is -5.86. The highest BCUT2D eigenvalue weighted by molar-refractivity contribution is 7.21. The molecule has 2 aliphatic rings. The number of likely N-dealkylation sites (tertiary alicyclic amines) is 1. The van der Waals surface area contributed by atoms with E-state index in [4.69, 9.17) is 9.72 Å². The van der Waals surface area contributed by atoms with E-state index in [1.807, 2.05) is 50.5 Å². The van der Waals surface area contributed by atoms with Crippen molar-refractivity contribution in [1.29, 1.82) is 0 Å². The van der Waals surface area contributed by atoms with Crippen LogP contribution >= 0.6 is 11.3 Å². The van der Waals surface area contributed by atoms with Crippen LogP contribution < -0.4 is 9.80 Å². The summed E-state index contributed by atoms with van der Waals surface area (Å²) in [7, 11) is 4.02. The van der Waals surface area contributed by atoms with Crippen molar-refractivity contribution in [3.63, 3.8) is 0 Å². The molecule has 0 saturated carbocycles. The van der Waals surface area contributed by atoms with Crippen LogP contribution in [0, 0.1) is 0 Å². The molecule has 0 spiro atoms. The van der Waals surface area contributed by atoms with Crippen molar-refractivity contribution in [3.8, 4) is 27.4 Å². The maximum absolute atomic E-state index is 13.3. The molecule has 3 aromatic carbocycles. The summed E-state index contributed by atoms with van der Waals surface area (Å²) in [4.78, 5) is 65.9. The monoisotopic (exact) mass is 720 g/mol. The number of benzene rings is 3. The highest BCUT2D eigenvalue weighted by Crippen LogP contribution is 2.34. The number of carbonyl (C=O) groups excluding carboxylic acids is 3. The van der Waals surface area contributed by atoms with Gasteiger partial charge in [-0.2, -0.15) is 0 Å². The van der Waals surface area contributed by atoms with Gasteiger partial charge in [-0.25, -0.2) is 14.8 Å². The molecule has 266 valence electrons. The van der Waals surface area contributed by atoms with Crippen molar-refractivity contribution in [1.82, 2.24) is 19.8 Å². The minimum absolute atomic E-state index is 0.00246. The number of amides is 4. The molecule has 52 heavy (non-hydrogen) atoms. The fourth-order valence-electron chi connectivity index (χ4n) is 6.49. The summed E-state index contributed by atoms with van der Waals surface area (Å²) in [5.41, 5.74) is 5.88. The van der Waals surface area contributed by atoms with Gasteiger partial charge >= 0.3 is 6.09 Å². The van der Waals surface area contributed by atoms with Crippen LogP contribution in [0.15, 0.2) is 79.0 Å². The molecule has 0 aliphatic carbocycles. The van der Waals surface area contributed by atoms with Crippen molar-refractivity contribution < 1.29 is 34.1 Å². The number of aromatic nitrogens is 2. The van der Waals surface area contributed by atoms with Gasteiger partial charge in [-0.1, -0.05) is 24.3 Å². The Morgan fingerprint density at radius 3 is 2.46 bits per heavy atom. The summed E-state index contributed by atoms with van der Waals surface area (Å²) in [6, 6.07) is 21.3. The predicted molar refractivity (Wildman–Crippen MR) is 197 cm³/mol. The fourth-order valence-corrected chi connectivity index (χ4v) is 7.49. The number of aromatic hydroxyl groups is 1. The summed E-state index contributed by atoms with van der Waals surface area (Å²) in [6.45, 7) is 0.122. The van der Waals surface area contributed by atoms with E-state index >= 15 is 0 Å². The Kier molecular flexibility index (Phi) is 9.58. The first-order valence-corrected chi connectivity index (χ1v) is 17.6. The lowest BCUT2D eigenvalue weighted by molar-refractivity contribution is -0.153. The second-order valence-corrected chi connectivity index (χ2v) is 13.8. The molecule has 1 atom stereocenters. The van der Waals surface area contributed by atoms with Gasteiger partial charge in [0, 0.05) is 55.6 Å². The zero-order chi connectivity index (χ0) is 36.5. The lowest BCUT2D eigenvalue weighted by Gasteiger charge is -2.35. The average molecular weight is 721 g/mol. The van der Waals surface area contributed by atoms with E-state index in [9.17, 15) is 29.4 Å². The molecule has 2 aliphatic heterocycles. The number of ether oxygens (including phenoxy) is 1. The molecule has 2 N–H and O–H groups in total. The normalized spacial score (nSPS) is 15.7. The van der Waals surface area contributed by atoms with Gasteiger partial charge in [0.2, 0.25) is 5.91 Å². The van der Waals surface area contributed by atoms with Gasteiger partial charge in [0.05, 0.1) is 36.5 Å². The summed E-state index contributed by atoms with van der Waals surface area (Å²) in [5, 5.41) is 20.6. The molecular weight excluding hydrogens is 685 g/mol. The van der Waals surface area contributed by atoms with E-state index in [1.54, 1.807) is 23.6 Å². The van der Waals surface area contributed by atoms with Crippen LogP contribution in [-0.4, -0.2) is 100 Å². The third-order valence-electron chi connectivity index (χ3n) is 9.31. The molecular formula is C38H36N6O7S. The molecule has 4 heterocycles. The van der Waals surface area contributed by atoms with Crippen LogP contribution in [0.3, 0.4) is 0 Å². The maximum atomic E-state index is 13.3. The van der Waals surface area contributed by atoms with Crippen LogP contribution in [-0.2, 0) is 20.9 Å². The molecule has 14 heteroatoms. The highest BCUT2D eigenvalue weighted by atomic mass is 32.1. The molecule has 0 bridgehead atoms. The first-order chi connectivity index (χ1) is 25.1. The van der Waals surface area contributed by atoms with E-state index in [0.29, 0.717) is 11.1 Å². The van der Waals surface area contributed by atoms with Crippen molar-refractivity contribution in [2.45, 2.75) is 25.4 Å². The summed E-state index contributed by atoms with van der Waals surface area (Å²) in [5.74, 6) is -0.877. The number of phenols is 1. The van der Waals surface area contributed by atoms with Crippen LogP contribution in [0.5, 0.6) is 5.75 Å². The largest absolute Gasteiger partial charge is 0.508 e. The Morgan fingerprint density at radius 1 is 0.962 bits per heavy atom. The van der Waals surface area contributed by atoms with Crippen LogP contribution in [0.1, 0.15) is 28.8 Å². The molecule has 5 aromatic rings. The topological polar surface area (TPSA) is 157 Å². The maximum Gasteiger partial charge on any atom is 0.413 e. The number of hydrogen-bond donors (Lipinski definition) is 2. The van der Waals surface area contributed by atoms with Crippen LogP contribution in [0.25, 0.3) is 31.9 Å². The van der Waals surface area contributed by atoms with Crippen molar-refractivity contribution in [3.05, 3.63) is 90.1 Å². The molecule has 0 radical (unpaired) electrons. The number of hydrogen-bond acceptors (Lipinski definition) is 10. The fraction of sp³-hybridized carbons (Fsp3) is 0.263. The van der Waals surface area contributed by atoms with Gasteiger partial charge in [-0.05, 0) is 66.1 Å². The Morgan fingerprint density at radius 2 is 1.73 bits per heavy atom. The Labute approximate surface area is 303 Å². The minimum atomic E-state index is -1.20. The number of carboxylic acid groups (broad SMARTS) is 1. The van der Waals surface area contributed by atoms with E-state index in [0.717, 1.165) is 47.4 Å². The Bertz CT molecular complexity index is 2170. The average Bonchev–Trinajstić information content (AvgIpc) is 3.71. The molecule has 1 saturated heterocycles. The van der Waals surface area contributed by atoms with Crippen LogP contribution in [0.2, 0.25) is 0 Å². The highest BCUT2D eigenvalue weighted by Gasteiger charge is 2.42. The molecule has 13 nitrogen and oxygen atoms in total. The lowest BCUT2D eigenvalue weighted by atomic mass is 10.0. The van der Waals surface area contributed by atoms with Crippen molar-refractivity contribution >= 4 is 56.9 Å². The number of pyridine rings is 1. The van der Waals surface area contributed by atoms with Crippen LogP contribution in [0.4, 0.5) is 16.3 Å². The van der Waals surface area contributed by atoms with Gasteiger partial charge in [0.25, 0.3) is 11.8 Å². The number of imide groups is 1. The van der Waals surface area contributed by atoms with E-state index in [1.165, 1.54) is 23.1 Å². The van der Waals surface area contributed by atoms with Crippen molar-refractivity contribution in [2.24, 2.45) is 0 Å². The van der Waals surface area contributed by atoms with Gasteiger partial charge in [0.1, 0.15) is 22.6 Å². The van der Waals surface area contributed by atoms with Gasteiger partial charge in [0.15, 0.2) is 0 Å². The number of piperidine rings is 1. The number of nitrogens with zero attached hydrogens (tertiary/aromatic N) is 6. The molecule has 1 unspecified atom stereocenters. The molecule has 2 aromatic heterocycles. The van der Waals surface area contributed by atoms with Gasteiger partial charge in [-0.3, -0.25) is 24.2 Å². The number of rotatable bonds is 11. The molecule has 7 rings (SSSR count). The first kappa shape index (κ1) is 34.6. The lowest BCUT2D eigenvalue weighted by Crippen LogP contribution is -2.55. The number of anilines is 2. The second kappa shape index (κ2) is 14.4. The quantitative estimate of drug-likeness (QED) is 0.133. The van der Waals surface area contributed by atoms with Crippen molar-refractivity contribution in [2.75, 3.05) is 50.2 Å². The zero-order valence-electron chi connectivity index (χ0n) is 28.6. The smallest absolute Gasteiger partial charge is 0.413 e. The minimum Gasteiger partial charge on any atom is -0.508 e. The Balaban J connectivity index is 0.921. The number of phenolic OH excluding ortho intramolecular Hbond substituents is 1. The van der Waals surface area contributed by atoms with E-state index in [-0.39, 0.29) is 69.1 Å². The second-order valence-electron chi connectivity index (χ2n) is 12.8. The van der Waals surface area contributed by atoms with E-state index in [2.05, 4.69) is 22.0 Å².